The predicted octanol–water partition coefficient (Wildman–Crippen LogP) is 4.64. The minimum atomic E-state index is -0.200. The van der Waals surface area contributed by atoms with E-state index in [4.69, 9.17) is 24.0 Å². The van der Waals surface area contributed by atoms with Crippen molar-refractivity contribution in [2.75, 3.05) is 51.7 Å². The van der Waals surface area contributed by atoms with Gasteiger partial charge in [-0.1, -0.05) is 6.07 Å². The lowest BCUT2D eigenvalue weighted by Gasteiger charge is -2.27. The minimum absolute atomic E-state index is 0.200. The van der Waals surface area contributed by atoms with Crippen molar-refractivity contribution in [3.05, 3.63) is 35.9 Å². The molecule has 2 aliphatic rings. The summed E-state index contributed by atoms with van der Waals surface area (Å²) < 4.78 is 25.2. The van der Waals surface area contributed by atoms with Crippen molar-refractivity contribution < 1.29 is 18.9 Å². The molecule has 0 spiro atoms. The molecule has 3 aromatic rings. The molecule has 5 rings (SSSR count). The molecule has 1 aromatic carbocycles. The molecule has 0 bridgehead atoms. The van der Waals surface area contributed by atoms with E-state index in [-0.39, 0.29) is 6.29 Å². The van der Waals surface area contributed by atoms with Gasteiger partial charge < -0.3 is 23.8 Å². The van der Waals surface area contributed by atoms with E-state index in [0.717, 1.165) is 57.0 Å². The number of pyridine rings is 1. The fraction of sp³-hybridized carbons (Fsp3) is 0.480. The summed E-state index contributed by atoms with van der Waals surface area (Å²) in [5.74, 6) is 2.26. The Bertz CT molecular complexity index is 1110. The molecule has 2 aromatic heterocycles. The average Bonchev–Trinajstić information content (AvgIpc) is 3.34. The van der Waals surface area contributed by atoms with Crippen LogP contribution in [0.1, 0.15) is 18.4 Å². The standard InChI is InChI=1S/C25H31N3O4S/c1-16-12-20(29-2)23(21(13-16)30-3)18-6-5-7-19-24(25(33-4)26-28(18)19)27(14-17-8-9-17)15-22-31-10-11-32-22/h5-7,12-13,17,22H,8-11,14-15H2,1-4H3. The molecule has 33 heavy (non-hydrogen) atoms. The Morgan fingerprint density at radius 2 is 1.79 bits per heavy atom. The van der Waals surface area contributed by atoms with Crippen LogP contribution in [-0.4, -0.2) is 62.7 Å². The molecule has 3 heterocycles. The number of aryl methyl sites for hydroxylation is 1. The number of rotatable bonds is 9. The smallest absolute Gasteiger partial charge is 0.175 e. The summed E-state index contributed by atoms with van der Waals surface area (Å²) in [4.78, 5) is 2.41. The lowest BCUT2D eigenvalue weighted by atomic mass is 10.1. The highest BCUT2D eigenvalue weighted by Crippen LogP contribution is 2.43. The van der Waals surface area contributed by atoms with Crippen molar-refractivity contribution in [1.29, 1.82) is 0 Å². The number of hydrogen-bond donors (Lipinski definition) is 0. The van der Waals surface area contributed by atoms with E-state index < -0.39 is 0 Å². The highest BCUT2D eigenvalue weighted by atomic mass is 32.2. The van der Waals surface area contributed by atoms with Gasteiger partial charge in [-0.25, -0.2) is 4.52 Å². The van der Waals surface area contributed by atoms with Crippen LogP contribution in [0.4, 0.5) is 5.69 Å². The summed E-state index contributed by atoms with van der Waals surface area (Å²) in [7, 11) is 3.39. The zero-order valence-corrected chi connectivity index (χ0v) is 20.5. The largest absolute Gasteiger partial charge is 0.496 e. The molecule has 0 amide bonds. The fourth-order valence-corrected chi connectivity index (χ4v) is 5.11. The molecule has 1 saturated heterocycles. The summed E-state index contributed by atoms with van der Waals surface area (Å²) in [6.45, 7) is 5.04. The zero-order valence-electron chi connectivity index (χ0n) is 19.7. The van der Waals surface area contributed by atoms with E-state index in [1.54, 1.807) is 26.0 Å². The number of benzene rings is 1. The fourth-order valence-electron chi connectivity index (χ4n) is 4.52. The first kappa shape index (κ1) is 22.4. The van der Waals surface area contributed by atoms with Crippen LogP contribution in [0.3, 0.4) is 0 Å². The normalized spacial score (nSPS) is 16.5. The van der Waals surface area contributed by atoms with E-state index >= 15 is 0 Å². The molecule has 0 unspecified atom stereocenters. The van der Waals surface area contributed by atoms with Gasteiger partial charge in [-0.2, -0.15) is 5.10 Å². The lowest BCUT2D eigenvalue weighted by Crippen LogP contribution is -2.35. The third kappa shape index (κ3) is 4.39. The van der Waals surface area contributed by atoms with E-state index in [1.807, 2.05) is 23.6 Å². The summed E-state index contributed by atoms with van der Waals surface area (Å²) in [6.07, 6.45) is 4.43. The number of ether oxygens (including phenoxy) is 4. The van der Waals surface area contributed by atoms with Crippen LogP contribution in [0, 0.1) is 12.8 Å². The number of anilines is 1. The molecule has 1 saturated carbocycles. The Kier molecular flexibility index (Phi) is 6.40. The molecule has 0 atom stereocenters. The van der Waals surface area contributed by atoms with E-state index in [1.165, 1.54) is 12.8 Å². The molecule has 2 fully saturated rings. The quantitative estimate of drug-likeness (QED) is 0.423. The van der Waals surface area contributed by atoms with Gasteiger partial charge in [0, 0.05) is 6.54 Å². The number of hydrogen-bond acceptors (Lipinski definition) is 7. The summed E-state index contributed by atoms with van der Waals surface area (Å²) >= 11 is 1.66. The summed E-state index contributed by atoms with van der Waals surface area (Å²) in [5.41, 5.74) is 5.11. The first-order chi connectivity index (χ1) is 16.1. The number of aromatic nitrogens is 2. The van der Waals surface area contributed by atoms with Crippen molar-refractivity contribution in [1.82, 2.24) is 9.61 Å². The molecule has 7 nitrogen and oxygen atoms in total. The van der Waals surface area contributed by atoms with Crippen LogP contribution >= 0.6 is 11.8 Å². The number of fused-ring (bicyclic) bond motifs is 1. The Morgan fingerprint density at radius 1 is 1.09 bits per heavy atom. The van der Waals surface area contributed by atoms with Gasteiger partial charge in [-0.15, -0.1) is 11.8 Å². The Morgan fingerprint density at radius 3 is 2.39 bits per heavy atom. The average molecular weight is 470 g/mol. The third-order valence-electron chi connectivity index (χ3n) is 6.25. The third-order valence-corrected chi connectivity index (χ3v) is 6.91. The molecule has 0 N–H and O–H groups in total. The first-order valence-corrected chi connectivity index (χ1v) is 12.6. The minimum Gasteiger partial charge on any atom is -0.496 e. The summed E-state index contributed by atoms with van der Waals surface area (Å²) in [6, 6.07) is 10.3. The molecular formula is C25H31N3O4S. The second-order valence-corrected chi connectivity index (χ2v) is 9.42. The predicted molar refractivity (Wildman–Crippen MR) is 131 cm³/mol. The van der Waals surface area contributed by atoms with E-state index in [0.29, 0.717) is 19.8 Å². The second kappa shape index (κ2) is 9.44. The van der Waals surface area contributed by atoms with Gasteiger partial charge in [0.15, 0.2) is 6.29 Å². The van der Waals surface area contributed by atoms with Crippen molar-refractivity contribution in [3.63, 3.8) is 0 Å². The van der Waals surface area contributed by atoms with Crippen LogP contribution in [0.15, 0.2) is 35.4 Å². The Hall–Kier alpha value is -2.42. The molecule has 8 heteroatoms. The molecule has 1 aliphatic heterocycles. The summed E-state index contributed by atoms with van der Waals surface area (Å²) in [5, 5.41) is 6.04. The SMILES string of the molecule is COc1cc(C)cc(OC)c1-c1cccc2c(N(CC3CC3)CC3OCCO3)c(SC)nn12. The molecule has 1 aliphatic carbocycles. The van der Waals surface area contributed by atoms with Gasteiger partial charge in [-0.05, 0) is 61.8 Å². The van der Waals surface area contributed by atoms with Crippen LogP contribution in [0.5, 0.6) is 11.5 Å². The highest BCUT2D eigenvalue weighted by molar-refractivity contribution is 7.98. The van der Waals surface area contributed by atoms with E-state index in [2.05, 4.69) is 29.4 Å². The van der Waals surface area contributed by atoms with Crippen LogP contribution in [0.2, 0.25) is 0 Å². The van der Waals surface area contributed by atoms with Crippen molar-refractivity contribution in [2.45, 2.75) is 31.1 Å². The van der Waals surface area contributed by atoms with Gasteiger partial charge in [-0.3, -0.25) is 0 Å². The number of thioether (sulfide) groups is 1. The van der Waals surface area contributed by atoms with Crippen LogP contribution < -0.4 is 14.4 Å². The maximum atomic E-state index is 5.80. The van der Waals surface area contributed by atoms with Crippen LogP contribution in [0.25, 0.3) is 16.8 Å². The molecular weight excluding hydrogens is 438 g/mol. The van der Waals surface area contributed by atoms with Gasteiger partial charge in [0.2, 0.25) is 0 Å². The maximum Gasteiger partial charge on any atom is 0.175 e. The Balaban J connectivity index is 1.66. The monoisotopic (exact) mass is 469 g/mol. The van der Waals surface area contributed by atoms with Crippen LogP contribution in [-0.2, 0) is 9.47 Å². The molecule has 176 valence electrons. The zero-order chi connectivity index (χ0) is 22.9. The number of nitrogens with zero attached hydrogens (tertiary/aromatic N) is 3. The van der Waals surface area contributed by atoms with Gasteiger partial charge >= 0.3 is 0 Å². The molecule has 0 radical (unpaired) electrons. The second-order valence-electron chi connectivity index (χ2n) is 8.63. The highest BCUT2D eigenvalue weighted by Gasteiger charge is 2.31. The first-order valence-electron chi connectivity index (χ1n) is 11.4. The Labute approximate surface area is 198 Å². The lowest BCUT2D eigenvalue weighted by molar-refractivity contribution is -0.0344. The maximum absolute atomic E-state index is 5.80. The topological polar surface area (TPSA) is 57.5 Å². The van der Waals surface area contributed by atoms with Gasteiger partial charge in [0.05, 0.1) is 56.4 Å². The van der Waals surface area contributed by atoms with E-state index in [9.17, 15) is 0 Å². The number of methoxy groups -OCH3 is 2. The van der Waals surface area contributed by atoms with Gasteiger partial charge in [0.1, 0.15) is 16.5 Å². The van der Waals surface area contributed by atoms with Crippen molar-refractivity contribution in [3.8, 4) is 22.8 Å². The van der Waals surface area contributed by atoms with Crippen molar-refractivity contribution >= 4 is 23.0 Å². The van der Waals surface area contributed by atoms with Crippen molar-refractivity contribution in [2.24, 2.45) is 5.92 Å². The van der Waals surface area contributed by atoms with Gasteiger partial charge in [0.25, 0.3) is 0 Å².